The summed E-state index contributed by atoms with van der Waals surface area (Å²) < 4.78 is 5.78. The highest BCUT2D eigenvalue weighted by molar-refractivity contribution is 14.0. The predicted molar refractivity (Wildman–Crippen MR) is 116 cm³/mol. The number of aromatic nitrogens is 1. The van der Waals surface area contributed by atoms with Crippen LogP contribution in [0.3, 0.4) is 0 Å². The Kier molecular flexibility index (Phi) is 7.88. The van der Waals surface area contributed by atoms with Crippen molar-refractivity contribution in [3.63, 3.8) is 0 Å². The third kappa shape index (κ3) is 6.36. The number of nitrogens with one attached hydrogen (secondary N) is 1. The van der Waals surface area contributed by atoms with E-state index in [1.165, 1.54) is 0 Å². The van der Waals surface area contributed by atoms with Gasteiger partial charge in [-0.2, -0.15) is 0 Å². The smallest absolute Gasteiger partial charge is 0.193 e. The van der Waals surface area contributed by atoms with Gasteiger partial charge in [0.1, 0.15) is 12.4 Å². The fourth-order valence-corrected chi connectivity index (χ4v) is 2.26. The van der Waals surface area contributed by atoms with E-state index in [1.807, 2.05) is 72.8 Å². The zero-order valence-electron chi connectivity index (χ0n) is 14.2. The molecule has 0 bridgehead atoms. The predicted octanol–water partition coefficient (Wildman–Crippen LogP) is 4.21. The zero-order valence-corrected chi connectivity index (χ0v) is 16.5. The van der Waals surface area contributed by atoms with Crippen molar-refractivity contribution in [2.75, 3.05) is 5.32 Å². The third-order valence-corrected chi connectivity index (χ3v) is 3.49. The van der Waals surface area contributed by atoms with Crippen molar-refractivity contribution in [2.45, 2.75) is 13.2 Å². The fraction of sp³-hybridized carbons (Fsp3) is 0.100. The molecular weight excluding hydrogens is 439 g/mol. The maximum atomic E-state index is 5.93. The summed E-state index contributed by atoms with van der Waals surface area (Å²) in [6.07, 6.45) is 1.76. The van der Waals surface area contributed by atoms with E-state index in [9.17, 15) is 0 Å². The van der Waals surface area contributed by atoms with Gasteiger partial charge >= 0.3 is 0 Å². The van der Waals surface area contributed by atoms with Gasteiger partial charge in [-0.3, -0.25) is 4.98 Å². The van der Waals surface area contributed by atoms with E-state index in [-0.39, 0.29) is 24.0 Å². The molecule has 0 saturated carbocycles. The van der Waals surface area contributed by atoms with Crippen LogP contribution in [0.25, 0.3) is 0 Å². The lowest BCUT2D eigenvalue weighted by atomic mass is 10.2. The minimum atomic E-state index is 0. The Morgan fingerprint density at radius 1 is 1.00 bits per heavy atom. The Morgan fingerprint density at radius 3 is 2.58 bits per heavy atom. The number of aliphatic imine (C=N–C) groups is 1. The van der Waals surface area contributed by atoms with E-state index in [0.29, 0.717) is 19.1 Å². The van der Waals surface area contributed by atoms with Gasteiger partial charge in [0.05, 0.1) is 12.2 Å². The molecule has 3 rings (SSSR count). The first kappa shape index (κ1) is 19.7. The van der Waals surface area contributed by atoms with Crippen LogP contribution in [0.15, 0.2) is 84.0 Å². The number of hydrogen-bond acceptors (Lipinski definition) is 3. The maximum Gasteiger partial charge on any atom is 0.193 e. The molecular formula is C20H21IN4O. The van der Waals surface area contributed by atoms with Crippen LogP contribution < -0.4 is 15.8 Å². The molecule has 0 aliphatic heterocycles. The molecule has 0 spiro atoms. The maximum absolute atomic E-state index is 5.93. The van der Waals surface area contributed by atoms with Crippen LogP contribution in [-0.2, 0) is 13.2 Å². The average Bonchev–Trinajstić information content (AvgIpc) is 2.67. The molecule has 0 unspecified atom stereocenters. The van der Waals surface area contributed by atoms with Gasteiger partial charge in [-0.25, -0.2) is 4.99 Å². The van der Waals surface area contributed by atoms with E-state index in [2.05, 4.69) is 15.3 Å². The number of pyridine rings is 1. The Balaban J connectivity index is 0.00000243. The second kappa shape index (κ2) is 10.4. The first-order chi connectivity index (χ1) is 12.3. The SMILES string of the molecule is I.NC(=NCc1cccc(OCc2ccccn2)c1)Nc1ccccc1. The van der Waals surface area contributed by atoms with Gasteiger partial charge in [0.2, 0.25) is 0 Å². The summed E-state index contributed by atoms with van der Waals surface area (Å²) in [6, 6.07) is 23.3. The second-order valence-corrected chi connectivity index (χ2v) is 5.45. The van der Waals surface area contributed by atoms with Gasteiger partial charge < -0.3 is 15.8 Å². The number of para-hydroxylation sites is 1. The Hall–Kier alpha value is -2.61. The summed E-state index contributed by atoms with van der Waals surface area (Å²) in [5.41, 5.74) is 8.75. The molecule has 0 amide bonds. The van der Waals surface area contributed by atoms with Crippen LogP contribution >= 0.6 is 24.0 Å². The van der Waals surface area contributed by atoms with Crippen LogP contribution in [-0.4, -0.2) is 10.9 Å². The number of nitrogens with zero attached hydrogens (tertiary/aromatic N) is 2. The fourth-order valence-electron chi connectivity index (χ4n) is 2.26. The van der Waals surface area contributed by atoms with Crippen molar-refractivity contribution in [3.8, 4) is 5.75 Å². The molecule has 0 radical (unpaired) electrons. The molecule has 3 aromatic rings. The summed E-state index contributed by atoms with van der Waals surface area (Å²) in [4.78, 5) is 8.61. The van der Waals surface area contributed by atoms with Crippen molar-refractivity contribution in [2.24, 2.45) is 10.7 Å². The van der Waals surface area contributed by atoms with Crippen LogP contribution in [0.5, 0.6) is 5.75 Å². The molecule has 5 nitrogen and oxygen atoms in total. The topological polar surface area (TPSA) is 72.5 Å². The van der Waals surface area contributed by atoms with Gasteiger partial charge in [0.25, 0.3) is 0 Å². The zero-order chi connectivity index (χ0) is 17.3. The lowest BCUT2D eigenvalue weighted by molar-refractivity contribution is 0.301. The molecule has 0 aliphatic rings. The van der Waals surface area contributed by atoms with E-state index in [1.54, 1.807) is 6.20 Å². The van der Waals surface area contributed by atoms with Crippen molar-refractivity contribution in [3.05, 3.63) is 90.3 Å². The molecule has 1 aromatic heterocycles. The molecule has 2 aromatic carbocycles. The molecule has 3 N–H and O–H groups in total. The van der Waals surface area contributed by atoms with Gasteiger partial charge in [0, 0.05) is 11.9 Å². The summed E-state index contributed by atoms with van der Waals surface area (Å²) in [7, 11) is 0. The Morgan fingerprint density at radius 2 is 1.81 bits per heavy atom. The van der Waals surface area contributed by atoms with Crippen LogP contribution in [0.4, 0.5) is 5.69 Å². The average molecular weight is 460 g/mol. The number of hydrogen-bond donors (Lipinski definition) is 2. The van der Waals surface area contributed by atoms with Crippen molar-refractivity contribution in [1.82, 2.24) is 4.98 Å². The van der Waals surface area contributed by atoms with E-state index >= 15 is 0 Å². The summed E-state index contributed by atoms with van der Waals surface area (Å²) in [6.45, 7) is 0.914. The van der Waals surface area contributed by atoms with E-state index in [0.717, 1.165) is 22.7 Å². The summed E-state index contributed by atoms with van der Waals surface area (Å²) in [5.74, 6) is 1.17. The van der Waals surface area contributed by atoms with E-state index in [4.69, 9.17) is 10.5 Å². The minimum Gasteiger partial charge on any atom is -0.487 e. The van der Waals surface area contributed by atoms with Crippen molar-refractivity contribution >= 4 is 35.6 Å². The van der Waals surface area contributed by atoms with Crippen LogP contribution in [0.2, 0.25) is 0 Å². The number of benzene rings is 2. The molecule has 26 heavy (non-hydrogen) atoms. The molecule has 0 saturated heterocycles. The molecule has 6 heteroatoms. The first-order valence-electron chi connectivity index (χ1n) is 8.03. The lowest BCUT2D eigenvalue weighted by Gasteiger charge is -2.08. The monoisotopic (exact) mass is 460 g/mol. The number of rotatable bonds is 6. The molecule has 1 heterocycles. The highest BCUT2D eigenvalue weighted by Gasteiger charge is 2.00. The Labute approximate surface area is 170 Å². The van der Waals surface area contributed by atoms with E-state index < -0.39 is 0 Å². The van der Waals surface area contributed by atoms with Gasteiger partial charge in [0.15, 0.2) is 5.96 Å². The number of ether oxygens (including phenoxy) is 1. The highest BCUT2D eigenvalue weighted by atomic mass is 127. The quantitative estimate of drug-likeness (QED) is 0.329. The standard InChI is InChI=1S/C20H20N4O.HI/c21-20(24-17-8-2-1-3-9-17)23-14-16-7-6-11-19(13-16)25-15-18-10-4-5-12-22-18;/h1-13H,14-15H2,(H3,21,23,24);1H. The lowest BCUT2D eigenvalue weighted by Crippen LogP contribution is -2.22. The van der Waals surface area contributed by atoms with Gasteiger partial charge in [-0.05, 0) is 42.0 Å². The second-order valence-electron chi connectivity index (χ2n) is 5.45. The summed E-state index contributed by atoms with van der Waals surface area (Å²) >= 11 is 0. The van der Waals surface area contributed by atoms with Crippen LogP contribution in [0.1, 0.15) is 11.3 Å². The van der Waals surface area contributed by atoms with Crippen molar-refractivity contribution < 1.29 is 4.74 Å². The Bertz CT molecular complexity index is 825. The largest absolute Gasteiger partial charge is 0.487 e. The van der Waals surface area contributed by atoms with Crippen molar-refractivity contribution in [1.29, 1.82) is 0 Å². The first-order valence-corrected chi connectivity index (χ1v) is 8.03. The normalized spacial score (nSPS) is 10.7. The van der Waals surface area contributed by atoms with Gasteiger partial charge in [-0.1, -0.05) is 36.4 Å². The minimum absolute atomic E-state index is 0. The van der Waals surface area contributed by atoms with Gasteiger partial charge in [-0.15, -0.1) is 24.0 Å². The molecule has 0 fully saturated rings. The molecule has 0 aliphatic carbocycles. The molecule has 134 valence electrons. The summed E-state index contributed by atoms with van der Waals surface area (Å²) in [5, 5.41) is 3.06. The number of nitrogens with two attached hydrogens (primary N) is 1. The third-order valence-electron chi connectivity index (χ3n) is 3.49. The number of anilines is 1. The molecule has 0 atom stereocenters. The highest BCUT2D eigenvalue weighted by Crippen LogP contribution is 2.15. The van der Waals surface area contributed by atoms with Crippen LogP contribution in [0, 0.1) is 0 Å². The number of halogens is 1. The number of guanidine groups is 1.